The van der Waals surface area contributed by atoms with Gasteiger partial charge in [0.15, 0.2) is 5.13 Å². The van der Waals surface area contributed by atoms with E-state index in [9.17, 15) is 9.59 Å². The maximum atomic E-state index is 12.4. The number of hydrazine groups is 1. The fraction of sp³-hybridized carbons (Fsp3) is 0.105. The number of thiazole rings is 1. The molecule has 1 heterocycles. The van der Waals surface area contributed by atoms with Gasteiger partial charge < -0.3 is 5.32 Å². The van der Waals surface area contributed by atoms with Gasteiger partial charge in [0, 0.05) is 5.69 Å². The van der Waals surface area contributed by atoms with Crippen LogP contribution in [0.3, 0.4) is 0 Å². The van der Waals surface area contributed by atoms with Gasteiger partial charge in [-0.3, -0.25) is 20.4 Å². The van der Waals surface area contributed by atoms with E-state index in [-0.39, 0.29) is 12.3 Å². The van der Waals surface area contributed by atoms with Gasteiger partial charge in [-0.2, -0.15) is 0 Å². The summed E-state index contributed by atoms with van der Waals surface area (Å²) in [5.74, 6) is -0.741. The second-order valence-electron chi connectivity index (χ2n) is 5.85. The molecule has 0 saturated heterocycles. The molecule has 3 aromatic rings. The van der Waals surface area contributed by atoms with Crippen molar-refractivity contribution in [3.8, 4) is 0 Å². The van der Waals surface area contributed by atoms with E-state index < -0.39 is 5.91 Å². The first-order chi connectivity index (χ1) is 13.4. The summed E-state index contributed by atoms with van der Waals surface area (Å²) in [4.78, 5) is 29.1. The van der Waals surface area contributed by atoms with Crippen molar-refractivity contribution < 1.29 is 9.59 Å². The molecule has 0 aliphatic rings. The highest BCUT2D eigenvalue weighted by atomic mass is 35.5. The Hall–Kier alpha value is -2.61. The van der Waals surface area contributed by atoms with Crippen LogP contribution >= 0.6 is 34.5 Å². The number of anilines is 2. The largest absolute Gasteiger partial charge is 0.331 e. The van der Waals surface area contributed by atoms with Crippen molar-refractivity contribution in [2.45, 2.75) is 13.3 Å². The first-order valence-corrected chi connectivity index (χ1v) is 9.82. The van der Waals surface area contributed by atoms with Crippen LogP contribution in [-0.2, 0) is 11.2 Å². The minimum absolute atomic E-state index is 0.174. The number of hydrogen-bond donors (Lipinski definition) is 3. The summed E-state index contributed by atoms with van der Waals surface area (Å²) < 4.78 is 0. The van der Waals surface area contributed by atoms with Crippen LogP contribution in [0.25, 0.3) is 0 Å². The normalized spacial score (nSPS) is 10.4. The van der Waals surface area contributed by atoms with E-state index in [1.807, 2.05) is 30.3 Å². The highest BCUT2D eigenvalue weighted by molar-refractivity contribution is 7.17. The number of halogens is 2. The SMILES string of the molecule is Cc1nc(Nc2ccc(Cl)c(Cl)c2)sc1C(=O)NNC(=O)Cc1ccccc1. The second-order valence-corrected chi connectivity index (χ2v) is 7.67. The monoisotopic (exact) mass is 434 g/mol. The zero-order chi connectivity index (χ0) is 20.1. The van der Waals surface area contributed by atoms with Crippen LogP contribution in [0, 0.1) is 6.92 Å². The average Bonchev–Trinajstić information content (AvgIpc) is 3.04. The Kier molecular flexibility index (Phi) is 6.51. The predicted octanol–water partition coefficient (Wildman–Crippen LogP) is 4.51. The van der Waals surface area contributed by atoms with E-state index in [1.165, 1.54) is 11.3 Å². The summed E-state index contributed by atoms with van der Waals surface area (Å²) in [5, 5.41) is 4.48. The lowest BCUT2D eigenvalue weighted by molar-refractivity contribution is -0.121. The number of hydrogen-bond acceptors (Lipinski definition) is 5. The molecule has 3 N–H and O–H groups in total. The highest BCUT2D eigenvalue weighted by Gasteiger charge is 2.16. The van der Waals surface area contributed by atoms with E-state index in [2.05, 4.69) is 21.2 Å². The van der Waals surface area contributed by atoms with E-state index in [4.69, 9.17) is 23.2 Å². The summed E-state index contributed by atoms with van der Waals surface area (Å²) in [6, 6.07) is 14.4. The van der Waals surface area contributed by atoms with Crippen molar-refractivity contribution in [3.63, 3.8) is 0 Å². The van der Waals surface area contributed by atoms with Gasteiger partial charge in [0.1, 0.15) is 4.88 Å². The van der Waals surface area contributed by atoms with E-state index >= 15 is 0 Å². The third-order valence-corrected chi connectivity index (χ3v) is 5.51. The first kappa shape index (κ1) is 20.1. The van der Waals surface area contributed by atoms with Crippen molar-refractivity contribution in [3.05, 3.63) is 74.7 Å². The minimum Gasteiger partial charge on any atom is -0.331 e. The molecule has 2 amide bonds. The molecule has 0 spiro atoms. The Morgan fingerprint density at radius 1 is 1.04 bits per heavy atom. The van der Waals surface area contributed by atoms with Crippen LogP contribution in [-0.4, -0.2) is 16.8 Å². The molecular weight excluding hydrogens is 419 g/mol. The Morgan fingerprint density at radius 3 is 2.50 bits per heavy atom. The van der Waals surface area contributed by atoms with Crippen LogP contribution in [0.1, 0.15) is 20.9 Å². The molecule has 0 atom stereocenters. The molecule has 0 aliphatic carbocycles. The number of benzene rings is 2. The summed E-state index contributed by atoms with van der Waals surface area (Å²) in [6.45, 7) is 1.72. The van der Waals surface area contributed by atoms with Crippen molar-refractivity contribution in [2.24, 2.45) is 0 Å². The summed E-state index contributed by atoms with van der Waals surface area (Å²) in [6.07, 6.45) is 0.174. The number of carbonyl (C=O) groups is 2. The molecule has 1 aromatic heterocycles. The second kappa shape index (κ2) is 9.05. The van der Waals surface area contributed by atoms with E-state index in [1.54, 1.807) is 25.1 Å². The fourth-order valence-electron chi connectivity index (χ4n) is 2.37. The summed E-state index contributed by atoms with van der Waals surface area (Å²) >= 11 is 13.1. The van der Waals surface area contributed by atoms with Gasteiger partial charge in [0.25, 0.3) is 5.91 Å². The molecule has 9 heteroatoms. The van der Waals surface area contributed by atoms with Crippen LogP contribution in [0.4, 0.5) is 10.8 Å². The van der Waals surface area contributed by atoms with Gasteiger partial charge >= 0.3 is 0 Å². The predicted molar refractivity (Wildman–Crippen MR) is 112 cm³/mol. The molecule has 0 saturated carbocycles. The average molecular weight is 435 g/mol. The number of aryl methyl sites for hydroxylation is 1. The quantitative estimate of drug-likeness (QED) is 0.515. The number of rotatable bonds is 5. The molecule has 0 radical (unpaired) electrons. The van der Waals surface area contributed by atoms with Gasteiger partial charge in [-0.05, 0) is 30.7 Å². The third kappa shape index (κ3) is 5.22. The molecule has 144 valence electrons. The van der Waals surface area contributed by atoms with E-state index in [0.29, 0.717) is 31.4 Å². The Balaban J connectivity index is 1.59. The molecule has 28 heavy (non-hydrogen) atoms. The fourth-order valence-corrected chi connectivity index (χ4v) is 3.55. The molecule has 0 fully saturated rings. The number of carbonyl (C=O) groups excluding carboxylic acids is 2. The Labute approximate surface area is 175 Å². The van der Waals surface area contributed by atoms with Gasteiger partial charge in [-0.1, -0.05) is 64.9 Å². The lowest BCUT2D eigenvalue weighted by atomic mass is 10.1. The van der Waals surface area contributed by atoms with Crippen molar-refractivity contribution in [2.75, 3.05) is 5.32 Å². The van der Waals surface area contributed by atoms with E-state index in [0.717, 1.165) is 5.56 Å². The van der Waals surface area contributed by atoms with Gasteiger partial charge in [0.05, 0.1) is 22.2 Å². The maximum absolute atomic E-state index is 12.4. The smallest absolute Gasteiger partial charge is 0.281 e. The Bertz CT molecular complexity index is 1010. The number of nitrogens with one attached hydrogen (secondary N) is 3. The zero-order valence-corrected chi connectivity index (χ0v) is 17.1. The molecule has 0 aliphatic heterocycles. The molecule has 3 rings (SSSR count). The van der Waals surface area contributed by atoms with Crippen LogP contribution in [0.5, 0.6) is 0 Å². The summed E-state index contributed by atoms with van der Waals surface area (Å²) in [5.41, 5.74) is 6.94. The molecule has 0 unspecified atom stereocenters. The number of aromatic nitrogens is 1. The van der Waals surface area contributed by atoms with Gasteiger partial charge in [0.2, 0.25) is 5.91 Å². The number of amides is 2. The van der Waals surface area contributed by atoms with Gasteiger partial charge in [-0.15, -0.1) is 0 Å². The Morgan fingerprint density at radius 2 is 1.79 bits per heavy atom. The molecular formula is C19H16Cl2N4O2S. The molecule has 0 bridgehead atoms. The van der Waals surface area contributed by atoms with Crippen LogP contribution < -0.4 is 16.2 Å². The van der Waals surface area contributed by atoms with Crippen molar-refractivity contribution in [1.29, 1.82) is 0 Å². The maximum Gasteiger partial charge on any atom is 0.281 e. The lowest BCUT2D eigenvalue weighted by Gasteiger charge is -2.06. The van der Waals surface area contributed by atoms with Crippen LogP contribution in [0.15, 0.2) is 48.5 Å². The third-order valence-electron chi connectivity index (χ3n) is 3.70. The minimum atomic E-state index is -0.432. The molecule has 6 nitrogen and oxygen atoms in total. The van der Waals surface area contributed by atoms with Crippen molar-refractivity contribution in [1.82, 2.24) is 15.8 Å². The van der Waals surface area contributed by atoms with Crippen molar-refractivity contribution >= 4 is 57.2 Å². The first-order valence-electron chi connectivity index (χ1n) is 8.25. The highest BCUT2D eigenvalue weighted by Crippen LogP contribution is 2.29. The topological polar surface area (TPSA) is 83.1 Å². The lowest BCUT2D eigenvalue weighted by Crippen LogP contribution is -2.42. The molecule has 2 aromatic carbocycles. The standard InChI is InChI=1S/C19H16Cl2N4O2S/c1-11-17(18(27)25-24-16(26)9-12-5-3-2-4-6-12)28-19(22-11)23-13-7-8-14(20)15(21)10-13/h2-8,10H,9H2,1H3,(H,22,23)(H,24,26)(H,25,27). The number of nitrogens with zero attached hydrogens (tertiary/aromatic N) is 1. The van der Waals surface area contributed by atoms with Gasteiger partial charge in [-0.25, -0.2) is 4.98 Å². The zero-order valence-electron chi connectivity index (χ0n) is 14.8. The van der Waals surface area contributed by atoms with Crippen LogP contribution in [0.2, 0.25) is 10.0 Å². The summed E-state index contributed by atoms with van der Waals surface area (Å²) in [7, 11) is 0.